The summed E-state index contributed by atoms with van der Waals surface area (Å²) in [5.41, 5.74) is -1.22. The predicted molar refractivity (Wildman–Crippen MR) is 89.9 cm³/mol. The number of nitro benzene ring substituents is 1. The van der Waals surface area contributed by atoms with Gasteiger partial charge in [0.15, 0.2) is 0 Å². The zero-order valence-corrected chi connectivity index (χ0v) is 14.3. The molecule has 0 aliphatic rings. The summed E-state index contributed by atoms with van der Waals surface area (Å²) < 4.78 is 39.6. The van der Waals surface area contributed by atoms with E-state index in [9.17, 15) is 28.1 Å². The highest BCUT2D eigenvalue weighted by Gasteiger charge is 2.34. The SMILES string of the molecule is Cc1cc(C(=O)Nc2ccc(I)cc2C(F)(F)F)ccc1[N+](=O)[O-]. The molecule has 9 heteroatoms. The van der Waals surface area contributed by atoms with Gasteiger partial charge >= 0.3 is 6.18 Å². The summed E-state index contributed by atoms with van der Waals surface area (Å²) in [6.45, 7) is 1.45. The van der Waals surface area contributed by atoms with Crippen molar-refractivity contribution in [2.24, 2.45) is 0 Å². The van der Waals surface area contributed by atoms with Crippen LogP contribution in [0.4, 0.5) is 24.5 Å². The molecule has 0 bridgehead atoms. The molecule has 24 heavy (non-hydrogen) atoms. The van der Waals surface area contributed by atoms with E-state index in [1.54, 1.807) is 22.6 Å². The molecule has 0 fully saturated rings. The van der Waals surface area contributed by atoms with Gasteiger partial charge in [0.1, 0.15) is 0 Å². The maximum Gasteiger partial charge on any atom is 0.418 e. The lowest BCUT2D eigenvalue weighted by atomic mass is 10.1. The Morgan fingerprint density at radius 2 is 1.88 bits per heavy atom. The summed E-state index contributed by atoms with van der Waals surface area (Å²) in [4.78, 5) is 22.3. The molecule has 0 saturated heterocycles. The molecule has 2 aromatic rings. The minimum atomic E-state index is -4.62. The van der Waals surface area contributed by atoms with Crippen molar-refractivity contribution in [3.63, 3.8) is 0 Å². The minimum absolute atomic E-state index is 0.0322. The van der Waals surface area contributed by atoms with Crippen LogP contribution in [0, 0.1) is 20.6 Å². The van der Waals surface area contributed by atoms with Crippen molar-refractivity contribution >= 4 is 39.9 Å². The number of amides is 1. The molecule has 0 aliphatic heterocycles. The second-order valence-electron chi connectivity index (χ2n) is 4.90. The molecule has 0 aliphatic carbocycles. The molecule has 0 radical (unpaired) electrons. The lowest BCUT2D eigenvalue weighted by Crippen LogP contribution is -2.17. The Morgan fingerprint density at radius 1 is 1.21 bits per heavy atom. The van der Waals surface area contributed by atoms with E-state index in [0.717, 1.165) is 12.1 Å². The van der Waals surface area contributed by atoms with Crippen LogP contribution in [0.15, 0.2) is 36.4 Å². The van der Waals surface area contributed by atoms with E-state index in [4.69, 9.17) is 0 Å². The van der Waals surface area contributed by atoms with Gasteiger partial charge in [-0.1, -0.05) is 0 Å². The van der Waals surface area contributed by atoms with E-state index < -0.39 is 22.6 Å². The summed E-state index contributed by atoms with van der Waals surface area (Å²) in [6, 6.07) is 7.13. The number of halogens is 4. The van der Waals surface area contributed by atoms with Crippen LogP contribution >= 0.6 is 22.6 Å². The molecule has 126 valence electrons. The van der Waals surface area contributed by atoms with E-state index in [1.807, 2.05) is 0 Å². The fourth-order valence-corrected chi connectivity index (χ4v) is 2.55. The Labute approximate surface area is 148 Å². The number of nitrogens with one attached hydrogen (secondary N) is 1. The molecule has 0 unspecified atom stereocenters. The minimum Gasteiger partial charge on any atom is -0.321 e. The molecule has 0 saturated carbocycles. The highest BCUT2D eigenvalue weighted by Crippen LogP contribution is 2.36. The molecule has 5 nitrogen and oxygen atoms in total. The van der Waals surface area contributed by atoms with Crippen LogP contribution in [0.2, 0.25) is 0 Å². The van der Waals surface area contributed by atoms with Crippen molar-refractivity contribution in [1.29, 1.82) is 0 Å². The lowest BCUT2D eigenvalue weighted by molar-refractivity contribution is -0.385. The second kappa shape index (κ2) is 6.75. The normalized spacial score (nSPS) is 11.2. The van der Waals surface area contributed by atoms with E-state index >= 15 is 0 Å². The Bertz CT molecular complexity index is 822. The van der Waals surface area contributed by atoms with Gasteiger partial charge in [-0.15, -0.1) is 0 Å². The van der Waals surface area contributed by atoms with E-state index in [0.29, 0.717) is 3.57 Å². The van der Waals surface area contributed by atoms with Gasteiger partial charge in [0.25, 0.3) is 11.6 Å². The Balaban J connectivity index is 2.34. The Hall–Kier alpha value is -2.17. The van der Waals surface area contributed by atoms with Crippen LogP contribution in [0.3, 0.4) is 0 Å². The standard InChI is InChI=1S/C15H10F3IN2O3/c1-8-6-9(2-5-13(8)21(23)24)14(22)20-12-4-3-10(19)7-11(12)15(16,17)18/h2-7H,1H3,(H,20,22). The maximum absolute atomic E-state index is 13.1. The van der Waals surface area contributed by atoms with Crippen molar-refractivity contribution in [2.75, 3.05) is 5.32 Å². The smallest absolute Gasteiger partial charge is 0.321 e. The number of alkyl halides is 3. The third kappa shape index (κ3) is 4.02. The molecule has 0 heterocycles. The number of carbonyl (C=O) groups excluding carboxylic acids is 1. The van der Waals surface area contributed by atoms with Crippen LogP contribution in [0.1, 0.15) is 21.5 Å². The first-order valence-electron chi connectivity index (χ1n) is 6.52. The molecule has 2 rings (SSSR count). The molecule has 2 aromatic carbocycles. The summed E-state index contributed by atoms with van der Waals surface area (Å²) in [7, 11) is 0. The summed E-state index contributed by atoms with van der Waals surface area (Å²) in [6.07, 6.45) is -4.62. The molecular weight excluding hydrogens is 440 g/mol. The number of carbonyl (C=O) groups is 1. The Morgan fingerprint density at radius 3 is 2.42 bits per heavy atom. The zero-order valence-electron chi connectivity index (χ0n) is 12.1. The number of nitrogens with zero attached hydrogens (tertiary/aromatic N) is 1. The molecule has 0 aromatic heterocycles. The fraction of sp³-hybridized carbons (Fsp3) is 0.133. The number of rotatable bonds is 3. The highest BCUT2D eigenvalue weighted by atomic mass is 127. The maximum atomic E-state index is 13.1. The lowest BCUT2D eigenvalue weighted by Gasteiger charge is -2.14. The van der Waals surface area contributed by atoms with Crippen molar-refractivity contribution in [3.05, 3.63) is 66.8 Å². The third-order valence-corrected chi connectivity index (χ3v) is 3.86. The van der Waals surface area contributed by atoms with Crippen LogP contribution in [0.5, 0.6) is 0 Å². The first kappa shape index (κ1) is 18.2. The van der Waals surface area contributed by atoms with Crippen molar-refractivity contribution < 1.29 is 22.9 Å². The number of hydrogen-bond acceptors (Lipinski definition) is 3. The number of nitro groups is 1. The average Bonchev–Trinajstić information content (AvgIpc) is 2.47. The van der Waals surface area contributed by atoms with Crippen molar-refractivity contribution in [3.8, 4) is 0 Å². The monoisotopic (exact) mass is 450 g/mol. The average molecular weight is 450 g/mol. The summed E-state index contributed by atoms with van der Waals surface area (Å²) >= 11 is 1.74. The quantitative estimate of drug-likeness (QED) is 0.416. The van der Waals surface area contributed by atoms with Gasteiger partial charge in [0.2, 0.25) is 0 Å². The van der Waals surface area contributed by atoms with Crippen molar-refractivity contribution in [2.45, 2.75) is 13.1 Å². The van der Waals surface area contributed by atoms with E-state index in [-0.39, 0.29) is 22.5 Å². The number of aryl methyl sites for hydroxylation is 1. The van der Waals surface area contributed by atoms with Crippen LogP contribution in [0.25, 0.3) is 0 Å². The molecular formula is C15H10F3IN2O3. The zero-order chi connectivity index (χ0) is 18.1. The van der Waals surface area contributed by atoms with Crippen molar-refractivity contribution in [1.82, 2.24) is 0 Å². The van der Waals surface area contributed by atoms with Gasteiger partial charge in [-0.25, -0.2) is 0 Å². The van der Waals surface area contributed by atoms with Crippen LogP contribution in [-0.2, 0) is 6.18 Å². The predicted octanol–water partition coefficient (Wildman–Crippen LogP) is 4.78. The van der Waals surface area contributed by atoms with E-state index in [2.05, 4.69) is 5.32 Å². The number of anilines is 1. The number of hydrogen-bond donors (Lipinski definition) is 1. The van der Waals surface area contributed by atoms with Crippen LogP contribution < -0.4 is 5.32 Å². The van der Waals surface area contributed by atoms with Gasteiger partial charge < -0.3 is 5.32 Å². The highest BCUT2D eigenvalue weighted by molar-refractivity contribution is 14.1. The van der Waals surface area contributed by atoms with Gasteiger partial charge in [-0.2, -0.15) is 13.2 Å². The summed E-state index contributed by atoms with van der Waals surface area (Å²) in [5, 5.41) is 13.0. The molecule has 1 N–H and O–H groups in total. The van der Waals surface area contributed by atoms with Gasteiger partial charge in [-0.3, -0.25) is 14.9 Å². The Kier molecular flexibility index (Phi) is 5.11. The van der Waals surface area contributed by atoms with Gasteiger partial charge in [-0.05, 0) is 59.8 Å². The van der Waals surface area contributed by atoms with Gasteiger partial charge in [0, 0.05) is 20.8 Å². The fourth-order valence-electron chi connectivity index (χ4n) is 2.06. The third-order valence-electron chi connectivity index (χ3n) is 3.19. The molecule has 0 spiro atoms. The number of benzene rings is 2. The topological polar surface area (TPSA) is 72.2 Å². The largest absolute Gasteiger partial charge is 0.418 e. The van der Waals surface area contributed by atoms with Crippen LogP contribution in [-0.4, -0.2) is 10.8 Å². The van der Waals surface area contributed by atoms with Gasteiger partial charge in [0.05, 0.1) is 16.2 Å². The van der Waals surface area contributed by atoms with E-state index in [1.165, 1.54) is 31.2 Å². The molecule has 0 atom stereocenters. The first-order chi connectivity index (χ1) is 11.1. The first-order valence-corrected chi connectivity index (χ1v) is 7.60. The second-order valence-corrected chi connectivity index (χ2v) is 6.15. The molecule has 1 amide bonds. The summed E-state index contributed by atoms with van der Waals surface area (Å²) in [5.74, 6) is -0.778.